The van der Waals surface area contributed by atoms with E-state index in [2.05, 4.69) is 40.6 Å². The van der Waals surface area contributed by atoms with E-state index in [4.69, 9.17) is 0 Å². The Morgan fingerprint density at radius 1 is 0.750 bits per heavy atom. The zero-order valence-electron chi connectivity index (χ0n) is 15.1. The minimum absolute atomic E-state index is 0.722. The van der Waals surface area contributed by atoms with Crippen molar-refractivity contribution in [1.29, 1.82) is 0 Å². The average molecular weight is 354 g/mol. The Labute approximate surface area is 152 Å². The molecule has 0 aliphatic rings. The van der Waals surface area contributed by atoms with Crippen molar-refractivity contribution < 1.29 is 14.6 Å². The lowest BCUT2D eigenvalue weighted by atomic mass is 10.0. The van der Waals surface area contributed by atoms with E-state index in [0.717, 1.165) is 24.2 Å². The predicted molar refractivity (Wildman–Crippen MR) is 100 cm³/mol. The molecule has 3 nitrogen and oxygen atoms in total. The van der Waals surface area contributed by atoms with Crippen LogP contribution >= 0.6 is 12.0 Å². The van der Waals surface area contributed by atoms with Crippen molar-refractivity contribution in [3.8, 4) is 0 Å². The van der Waals surface area contributed by atoms with Crippen molar-refractivity contribution >= 4 is 12.0 Å². The van der Waals surface area contributed by atoms with Gasteiger partial charge in [0.2, 0.25) is 0 Å². The Hall–Kier alpha value is -0.550. The average Bonchev–Trinajstić information content (AvgIpc) is 2.61. The maximum atomic E-state index is 9.68. The molecule has 0 bridgehead atoms. The molecule has 1 aromatic carbocycles. The molecule has 0 radical (unpaired) electrons. The van der Waals surface area contributed by atoms with Gasteiger partial charge in [-0.3, -0.25) is 5.04 Å². The fourth-order valence-electron chi connectivity index (χ4n) is 2.90. The molecule has 0 aliphatic carbocycles. The van der Waals surface area contributed by atoms with Crippen LogP contribution in [0, 0.1) is 0 Å². The van der Waals surface area contributed by atoms with Gasteiger partial charge in [-0.05, 0) is 30.4 Å². The van der Waals surface area contributed by atoms with Gasteiger partial charge in [-0.1, -0.05) is 89.0 Å². The number of hydrogen-bond acceptors (Lipinski definition) is 4. The molecule has 0 aliphatic heterocycles. The highest BCUT2D eigenvalue weighted by Gasteiger charge is 1.98. The van der Waals surface area contributed by atoms with E-state index in [1.807, 2.05) is 0 Å². The summed E-state index contributed by atoms with van der Waals surface area (Å²) in [5.74, 6) is 0.722. The van der Waals surface area contributed by atoms with Crippen LogP contribution in [0.25, 0.3) is 0 Å². The smallest absolute Gasteiger partial charge is 0.0309 e. The summed E-state index contributed by atoms with van der Waals surface area (Å²) in [5.41, 5.74) is 2.69. The van der Waals surface area contributed by atoms with Crippen molar-refractivity contribution in [3.05, 3.63) is 35.4 Å². The van der Waals surface area contributed by atoms with E-state index in [9.17, 15) is 5.26 Å². The largest absolute Gasteiger partial charge is 0.691 e. The molecule has 0 amide bonds. The lowest BCUT2D eigenvalue weighted by Crippen LogP contribution is -2.02. The van der Waals surface area contributed by atoms with E-state index in [0.29, 0.717) is 0 Å². The second kappa shape index (κ2) is 15.9. The molecule has 0 saturated heterocycles. The molecule has 0 aromatic heterocycles. The second-order valence-electron chi connectivity index (χ2n) is 6.46. The van der Waals surface area contributed by atoms with E-state index in [1.54, 1.807) is 0 Å². The zero-order valence-corrected chi connectivity index (χ0v) is 16.0. The quantitative estimate of drug-likeness (QED) is 0.169. The first-order chi connectivity index (χ1) is 11.9. The first kappa shape index (κ1) is 21.5. The Bertz CT molecular complexity index is 381. The Morgan fingerprint density at radius 3 is 1.79 bits per heavy atom. The van der Waals surface area contributed by atoms with Gasteiger partial charge in [0.1, 0.15) is 0 Å². The minimum atomic E-state index is 0.722. The van der Waals surface area contributed by atoms with Gasteiger partial charge in [0.15, 0.2) is 0 Å². The second-order valence-corrected chi connectivity index (χ2v) is 7.24. The normalized spacial score (nSPS) is 11.1. The molecule has 0 atom stereocenters. The Kier molecular flexibility index (Phi) is 14.3. The molecule has 0 unspecified atom stereocenters. The highest BCUT2D eigenvalue weighted by Crippen LogP contribution is 2.14. The third-order valence-corrected chi connectivity index (χ3v) is 4.91. The molecule has 1 rings (SSSR count). The first-order valence-electron chi connectivity index (χ1n) is 9.52. The van der Waals surface area contributed by atoms with E-state index < -0.39 is 0 Å². The highest BCUT2D eigenvalue weighted by molar-refractivity contribution is 7.94. The van der Waals surface area contributed by atoms with Crippen LogP contribution in [0.1, 0.15) is 82.3 Å². The summed E-state index contributed by atoms with van der Waals surface area (Å²) in [5, 5.41) is 13.0. The topological polar surface area (TPSA) is 41.5 Å². The van der Waals surface area contributed by atoms with Crippen LogP contribution in [0.15, 0.2) is 24.3 Å². The Morgan fingerprint density at radius 2 is 1.25 bits per heavy atom. The van der Waals surface area contributed by atoms with Gasteiger partial charge in [0.05, 0.1) is 0 Å². The van der Waals surface area contributed by atoms with Crippen molar-refractivity contribution in [1.82, 2.24) is 0 Å². The summed E-state index contributed by atoms with van der Waals surface area (Å²) < 4.78 is 4.26. The van der Waals surface area contributed by atoms with Crippen molar-refractivity contribution in [2.24, 2.45) is 0 Å². The van der Waals surface area contributed by atoms with Gasteiger partial charge >= 0.3 is 0 Å². The molecular weight excluding hydrogens is 320 g/mol. The third kappa shape index (κ3) is 11.9. The predicted octanol–water partition coefficient (Wildman–Crippen LogP) is 5.56. The number of hydrogen-bond donors (Lipinski definition) is 0. The summed E-state index contributed by atoms with van der Waals surface area (Å²) >= 11 is 1.05. The van der Waals surface area contributed by atoms with Gasteiger partial charge in [-0.15, -0.1) is 0 Å². The maximum absolute atomic E-state index is 9.68. The van der Waals surface area contributed by atoms with Crippen LogP contribution in [-0.4, -0.2) is 5.75 Å². The van der Waals surface area contributed by atoms with Crippen LogP contribution in [0.2, 0.25) is 0 Å². The summed E-state index contributed by atoms with van der Waals surface area (Å²) in [7, 11) is 0. The van der Waals surface area contributed by atoms with Crippen molar-refractivity contribution in [2.45, 2.75) is 84.0 Å². The van der Waals surface area contributed by atoms with Gasteiger partial charge in [-0.25, -0.2) is 0 Å². The van der Waals surface area contributed by atoms with Crippen LogP contribution in [0.4, 0.5) is 0 Å². The molecule has 0 spiro atoms. The molecule has 1 aromatic rings. The van der Waals surface area contributed by atoms with Gasteiger partial charge in [0, 0.05) is 17.8 Å². The molecular formula is C20H33O3S-. The molecule has 0 heterocycles. The SMILES string of the molecule is CCCCCCCCCCCCc1ccc(CCSOO[O-])cc1. The number of unbranched alkanes of at least 4 members (excludes halogenated alkanes) is 9. The number of rotatable bonds is 16. The molecule has 0 N–H and O–H groups in total. The Balaban J connectivity index is 1.97. The van der Waals surface area contributed by atoms with Crippen molar-refractivity contribution in [2.75, 3.05) is 5.75 Å². The summed E-state index contributed by atoms with van der Waals surface area (Å²) in [6.07, 6.45) is 15.9. The fourth-order valence-corrected chi connectivity index (χ4v) is 3.33. The molecule has 4 heteroatoms. The highest BCUT2D eigenvalue weighted by atomic mass is 32.2. The summed E-state index contributed by atoms with van der Waals surface area (Å²) in [4.78, 5) is 0. The van der Waals surface area contributed by atoms with E-state index in [-0.39, 0.29) is 0 Å². The lowest BCUT2D eigenvalue weighted by molar-refractivity contribution is -0.777. The number of benzene rings is 1. The monoisotopic (exact) mass is 353 g/mol. The van der Waals surface area contributed by atoms with Gasteiger partial charge in [-0.2, -0.15) is 4.33 Å². The molecule has 0 saturated carbocycles. The summed E-state index contributed by atoms with van der Waals surface area (Å²) in [6.45, 7) is 2.27. The molecule has 24 heavy (non-hydrogen) atoms. The van der Waals surface area contributed by atoms with E-state index in [1.165, 1.54) is 81.8 Å². The zero-order chi connectivity index (χ0) is 17.3. The first-order valence-corrected chi connectivity index (χ1v) is 10.4. The number of aryl methyl sites for hydroxylation is 2. The molecule has 138 valence electrons. The molecule has 0 fully saturated rings. The lowest BCUT2D eigenvalue weighted by Gasteiger charge is -2.06. The maximum Gasteiger partial charge on any atom is 0.0309 e. The minimum Gasteiger partial charge on any atom is -0.691 e. The standard InChI is InChI=1S/C20H34O3S/c1-2-3-4-5-6-7-8-9-10-11-12-19-13-15-20(16-14-19)17-18-24-23-22-21/h13-16,21H,2-12,17-18H2,1H3/p-1. The third-order valence-electron chi connectivity index (χ3n) is 4.39. The van der Waals surface area contributed by atoms with Gasteiger partial charge in [0.25, 0.3) is 0 Å². The summed E-state index contributed by atoms with van der Waals surface area (Å²) in [6, 6.07) is 8.78. The van der Waals surface area contributed by atoms with Crippen LogP contribution in [-0.2, 0) is 22.2 Å². The fraction of sp³-hybridized carbons (Fsp3) is 0.700. The van der Waals surface area contributed by atoms with Crippen LogP contribution in [0.3, 0.4) is 0 Å². The van der Waals surface area contributed by atoms with Gasteiger partial charge < -0.3 is 5.26 Å². The van der Waals surface area contributed by atoms with Crippen molar-refractivity contribution in [3.63, 3.8) is 0 Å². The van der Waals surface area contributed by atoms with Crippen LogP contribution < -0.4 is 5.26 Å². The van der Waals surface area contributed by atoms with Crippen LogP contribution in [0.5, 0.6) is 0 Å². The van der Waals surface area contributed by atoms with E-state index >= 15 is 0 Å².